The molecule has 0 spiro atoms. The van der Waals surface area contributed by atoms with Gasteiger partial charge in [0.15, 0.2) is 0 Å². The van der Waals surface area contributed by atoms with Gasteiger partial charge >= 0.3 is 12.2 Å². The molecule has 9 heteroatoms. The lowest BCUT2D eigenvalue weighted by molar-refractivity contribution is -0.137. The Morgan fingerprint density at radius 1 is 1.07 bits per heavy atom. The van der Waals surface area contributed by atoms with E-state index in [0.717, 1.165) is 18.3 Å². The largest absolute Gasteiger partial charge is 0.497 e. The molecule has 0 radical (unpaired) electrons. The Hall–Kier alpha value is -3.36. The number of amides is 3. The first-order valence-corrected chi connectivity index (χ1v) is 8.17. The molecule has 1 N–H and O–H groups in total. The van der Waals surface area contributed by atoms with Crippen molar-refractivity contribution >= 4 is 18.2 Å². The summed E-state index contributed by atoms with van der Waals surface area (Å²) in [7, 11) is 1.51. The van der Waals surface area contributed by atoms with Crippen molar-refractivity contribution in [2.45, 2.75) is 18.6 Å². The van der Waals surface area contributed by atoms with Gasteiger partial charge in [-0.2, -0.15) is 18.3 Å². The zero-order valence-corrected chi connectivity index (χ0v) is 14.9. The lowest BCUT2D eigenvalue weighted by Crippen LogP contribution is -2.40. The summed E-state index contributed by atoms with van der Waals surface area (Å²) < 4.78 is 42.9. The van der Waals surface area contributed by atoms with Gasteiger partial charge in [-0.3, -0.25) is 4.79 Å². The number of hydrazone groups is 1. The first-order valence-electron chi connectivity index (χ1n) is 8.17. The van der Waals surface area contributed by atoms with Crippen molar-refractivity contribution in [3.8, 4) is 5.75 Å². The van der Waals surface area contributed by atoms with Gasteiger partial charge < -0.3 is 10.1 Å². The molecule has 146 valence electrons. The minimum Gasteiger partial charge on any atom is -0.497 e. The fraction of sp³-hybridized carbons (Fsp3) is 0.211. The van der Waals surface area contributed by atoms with E-state index in [2.05, 4.69) is 10.4 Å². The number of carbonyl (C=O) groups excluding carboxylic acids is 2. The molecule has 1 saturated heterocycles. The van der Waals surface area contributed by atoms with Crippen LogP contribution in [0.4, 0.5) is 18.0 Å². The Kier molecular flexibility index (Phi) is 4.84. The summed E-state index contributed by atoms with van der Waals surface area (Å²) in [5.41, 5.74) is -1.27. The third-order valence-electron chi connectivity index (χ3n) is 4.40. The van der Waals surface area contributed by atoms with Crippen molar-refractivity contribution in [2.24, 2.45) is 5.10 Å². The molecule has 0 aromatic heterocycles. The highest BCUT2D eigenvalue weighted by molar-refractivity contribution is 6.07. The molecule has 1 fully saturated rings. The zero-order chi connectivity index (χ0) is 20.5. The van der Waals surface area contributed by atoms with Crippen LogP contribution in [-0.2, 0) is 16.5 Å². The van der Waals surface area contributed by atoms with Crippen molar-refractivity contribution < 1.29 is 27.5 Å². The number of carbonyl (C=O) groups is 2. The molecule has 2 aromatic rings. The Morgan fingerprint density at radius 3 is 2.21 bits per heavy atom. The normalized spacial score (nSPS) is 20.0. The van der Waals surface area contributed by atoms with Gasteiger partial charge in [0.1, 0.15) is 11.3 Å². The summed E-state index contributed by atoms with van der Waals surface area (Å²) in [6.45, 7) is 1.54. The first-order chi connectivity index (χ1) is 13.1. The van der Waals surface area contributed by atoms with Gasteiger partial charge in [-0.15, -0.1) is 5.01 Å². The van der Waals surface area contributed by atoms with E-state index in [0.29, 0.717) is 21.9 Å². The van der Waals surface area contributed by atoms with E-state index in [-0.39, 0.29) is 0 Å². The lowest BCUT2D eigenvalue weighted by Gasteiger charge is -2.21. The standard InChI is InChI=1S/C19H16F3N3O3/c1-18(13-7-9-15(28-2)10-8-13)16(26)25(17(27)24-18)23-11-12-3-5-14(6-4-12)19(20,21)22/h3-11H,1-2H3,(H,24,27)/b23-11-/t18-/m0/s1. The van der Waals surface area contributed by atoms with E-state index in [1.807, 2.05) is 0 Å². The first kappa shape index (κ1) is 19.4. The summed E-state index contributed by atoms with van der Waals surface area (Å²) >= 11 is 0. The van der Waals surface area contributed by atoms with Crippen LogP contribution in [0.1, 0.15) is 23.6 Å². The molecular formula is C19H16F3N3O3. The predicted octanol–water partition coefficient (Wildman–Crippen LogP) is 3.52. The number of imide groups is 1. The summed E-state index contributed by atoms with van der Waals surface area (Å²) in [6, 6.07) is 10.1. The minimum atomic E-state index is -4.44. The Balaban J connectivity index is 1.80. The van der Waals surface area contributed by atoms with Crippen LogP contribution in [0.3, 0.4) is 0 Å². The number of alkyl halides is 3. The maximum absolute atomic E-state index is 12.7. The van der Waals surface area contributed by atoms with E-state index >= 15 is 0 Å². The molecule has 0 bridgehead atoms. The SMILES string of the molecule is COc1ccc([C@]2(C)NC(=O)N(/N=C\c3ccc(C(F)(F)F)cc3)C2=O)cc1. The van der Waals surface area contributed by atoms with E-state index < -0.39 is 29.2 Å². The number of urea groups is 1. The number of nitrogens with one attached hydrogen (secondary N) is 1. The van der Waals surface area contributed by atoms with Gasteiger partial charge in [-0.25, -0.2) is 4.79 Å². The van der Waals surface area contributed by atoms with Crippen LogP contribution < -0.4 is 10.1 Å². The van der Waals surface area contributed by atoms with Crippen LogP contribution in [0.2, 0.25) is 0 Å². The number of halogens is 3. The Labute approximate surface area is 158 Å². The van der Waals surface area contributed by atoms with Crippen LogP contribution in [-0.4, -0.2) is 30.3 Å². The average Bonchev–Trinajstić information content (AvgIpc) is 2.89. The third kappa shape index (κ3) is 3.55. The zero-order valence-electron chi connectivity index (χ0n) is 14.9. The van der Waals surface area contributed by atoms with Gasteiger partial charge in [-0.05, 0) is 42.3 Å². The topological polar surface area (TPSA) is 71.0 Å². The number of nitrogens with zero attached hydrogens (tertiary/aromatic N) is 2. The molecule has 0 aliphatic carbocycles. The van der Waals surface area contributed by atoms with Gasteiger partial charge in [0.2, 0.25) is 0 Å². The lowest BCUT2D eigenvalue weighted by atomic mass is 9.92. The van der Waals surface area contributed by atoms with Crippen molar-refractivity contribution in [3.05, 3.63) is 65.2 Å². The number of ether oxygens (including phenoxy) is 1. The van der Waals surface area contributed by atoms with Crippen molar-refractivity contribution in [1.29, 1.82) is 0 Å². The molecule has 1 aliphatic heterocycles. The number of rotatable bonds is 4. The van der Waals surface area contributed by atoms with E-state index in [9.17, 15) is 22.8 Å². The van der Waals surface area contributed by atoms with Gasteiger partial charge in [-0.1, -0.05) is 24.3 Å². The van der Waals surface area contributed by atoms with Crippen molar-refractivity contribution in [3.63, 3.8) is 0 Å². The fourth-order valence-electron chi connectivity index (χ4n) is 2.73. The highest BCUT2D eigenvalue weighted by Crippen LogP contribution is 2.31. The van der Waals surface area contributed by atoms with Gasteiger partial charge in [0.05, 0.1) is 18.9 Å². The highest BCUT2D eigenvalue weighted by atomic mass is 19.4. The van der Waals surface area contributed by atoms with E-state index in [1.54, 1.807) is 31.2 Å². The number of hydrogen-bond acceptors (Lipinski definition) is 4. The van der Waals surface area contributed by atoms with Crippen LogP contribution in [0.15, 0.2) is 53.6 Å². The van der Waals surface area contributed by atoms with Gasteiger partial charge in [0, 0.05) is 0 Å². The minimum absolute atomic E-state index is 0.312. The molecule has 6 nitrogen and oxygen atoms in total. The van der Waals surface area contributed by atoms with E-state index in [1.165, 1.54) is 19.2 Å². The predicted molar refractivity (Wildman–Crippen MR) is 94.8 cm³/mol. The quantitative estimate of drug-likeness (QED) is 0.641. The van der Waals surface area contributed by atoms with Crippen LogP contribution in [0, 0.1) is 0 Å². The summed E-state index contributed by atoms with van der Waals surface area (Å²) in [5.74, 6) is -0.00729. The van der Waals surface area contributed by atoms with Crippen molar-refractivity contribution in [2.75, 3.05) is 7.11 Å². The molecule has 1 heterocycles. The maximum Gasteiger partial charge on any atom is 0.416 e. The molecule has 1 aliphatic rings. The Bertz CT molecular complexity index is 924. The molecule has 28 heavy (non-hydrogen) atoms. The average molecular weight is 391 g/mol. The highest BCUT2D eigenvalue weighted by Gasteiger charge is 2.49. The van der Waals surface area contributed by atoms with Crippen molar-refractivity contribution in [1.82, 2.24) is 10.3 Å². The van der Waals surface area contributed by atoms with Gasteiger partial charge in [0.25, 0.3) is 5.91 Å². The summed E-state index contributed by atoms with van der Waals surface area (Å²) in [4.78, 5) is 25.0. The molecule has 2 aromatic carbocycles. The molecule has 0 saturated carbocycles. The smallest absolute Gasteiger partial charge is 0.416 e. The van der Waals surface area contributed by atoms with Crippen LogP contribution >= 0.6 is 0 Å². The molecule has 3 amide bonds. The third-order valence-corrected chi connectivity index (χ3v) is 4.40. The Morgan fingerprint density at radius 2 is 1.68 bits per heavy atom. The number of benzene rings is 2. The van der Waals surface area contributed by atoms with Crippen LogP contribution in [0.25, 0.3) is 0 Å². The number of methoxy groups -OCH3 is 1. The molecule has 3 rings (SSSR count). The molecular weight excluding hydrogens is 375 g/mol. The number of hydrogen-bond donors (Lipinski definition) is 1. The van der Waals surface area contributed by atoms with E-state index in [4.69, 9.17) is 4.74 Å². The monoisotopic (exact) mass is 391 g/mol. The summed E-state index contributed by atoms with van der Waals surface area (Å²) in [5, 5.41) is 7.08. The molecule has 1 atom stereocenters. The van der Waals surface area contributed by atoms with Crippen LogP contribution in [0.5, 0.6) is 5.75 Å². The second-order valence-corrected chi connectivity index (χ2v) is 6.26. The maximum atomic E-state index is 12.7. The second-order valence-electron chi connectivity index (χ2n) is 6.26. The fourth-order valence-corrected chi connectivity index (χ4v) is 2.73. The summed E-state index contributed by atoms with van der Waals surface area (Å²) in [6.07, 6.45) is -3.29. The molecule has 0 unspecified atom stereocenters. The second kappa shape index (κ2) is 6.99.